The van der Waals surface area contributed by atoms with Crippen molar-refractivity contribution >= 4 is 49.8 Å². The van der Waals surface area contributed by atoms with Crippen LogP contribution in [0.2, 0.25) is 5.02 Å². The molecule has 1 N–H and O–H groups in total. The Morgan fingerprint density at radius 1 is 1.33 bits per heavy atom. The zero-order valence-corrected chi connectivity index (χ0v) is 14.7. The molecule has 0 aliphatic rings. The smallest absolute Gasteiger partial charge is 0.134 e. The first-order valence-electron chi connectivity index (χ1n) is 6.84. The maximum absolute atomic E-state index is 6.05. The molecule has 1 atom stereocenters. The van der Waals surface area contributed by atoms with Crippen LogP contribution in [0, 0.1) is 0 Å². The van der Waals surface area contributed by atoms with E-state index in [1.807, 2.05) is 18.2 Å². The van der Waals surface area contributed by atoms with Crippen molar-refractivity contribution in [2.24, 2.45) is 0 Å². The van der Waals surface area contributed by atoms with Crippen LogP contribution in [0.1, 0.15) is 30.0 Å². The summed E-state index contributed by atoms with van der Waals surface area (Å²) in [6, 6.07) is 9.91. The molecule has 110 valence electrons. The van der Waals surface area contributed by atoms with Gasteiger partial charge >= 0.3 is 0 Å². The van der Waals surface area contributed by atoms with Crippen LogP contribution in [-0.2, 0) is 0 Å². The molecule has 0 spiro atoms. The van der Waals surface area contributed by atoms with Crippen LogP contribution in [0.25, 0.3) is 11.0 Å². The molecule has 3 rings (SSSR count). The van der Waals surface area contributed by atoms with Crippen LogP contribution < -0.4 is 5.32 Å². The highest BCUT2D eigenvalue weighted by atomic mass is 79.9. The highest BCUT2D eigenvalue weighted by Crippen LogP contribution is 2.36. The molecule has 0 saturated heterocycles. The molecular formula is C16H15BrClNOS. The molecule has 2 nitrogen and oxygen atoms in total. The van der Waals surface area contributed by atoms with Crippen molar-refractivity contribution in [3.63, 3.8) is 0 Å². The van der Waals surface area contributed by atoms with E-state index in [1.54, 1.807) is 11.3 Å². The molecule has 21 heavy (non-hydrogen) atoms. The molecule has 0 aliphatic heterocycles. The van der Waals surface area contributed by atoms with Gasteiger partial charge in [-0.3, -0.25) is 0 Å². The summed E-state index contributed by atoms with van der Waals surface area (Å²) in [5.41, 5.74) is 0.866. The number of fused-ring (bicyclic) bond motifs is 1. The van der Waals surface area contributed by atoms with Gasteiger partial charge in [0.15, 0.2) is 0 Å². The summed E-state index contributed by atoms with van der Waals surface area (Å²) in [6.07, 6.45) is 1.07. The Labute approximate surface area is 141 Å². The first-order valence-corrected chi connectivity index (χ1v) is 8.89. The van der Waals surface area contributed by atoms with E-state index in [2.05, 4.69) is 45.7 Å². The van der Waals surface area contributed by atoms with Crippen molar-refractivity contribution in [3.05, 3.63) is 55.8 Å². The van der Waals surface area contributed by atoms with E-state index in [0.717, 1.165) is 39.2 Å². The van der Waals surface area contributed by atoms with Crippen LogP contribution in [0.5, 0.6) is 0 Å². The number of thiophene rings is 1. The summed E-state index contributed by atoms with van der Waals surface area (Å²) in [5.74, 6) is 0.920. The lowest BCUT2D eigenvalue weighted by Crippen LogP contribution is -2.22. The van der Waals surface area contributed by atoms with Gasteiger partial charge in [-0.1, -0.05) is 18.5 Å². The second-order valence-electron chi connectivity index (χ2n) is 4.85. The lowest BCUT2D eigenvalue weighted by Gasteiger charge is -2.15. The van der Waals surface area contributed by atoms with Gasteiger partial charge in [0.1, 0.15) is 17.4 Å². The highest BCUT2D eigenvalue weighted by molar-refractivity contribution is 9.10. The molecule has 0 amide bonds. The molecule has 0 aliphatic carbocycles. The van der Waals surface area contributed by atoms with Gasteiger partial charge in [-0.15, -0.1) is 11.3 Å². The lowest BCUT2D eigenvalue weighted by atomic mass is 10.1. The van der Waals surface area contributed by atoms with Crippen molar-refractivity contribution in [2.75, 3.05) is 6.54 Å². The van der Waals surface area contributed by atoms with Gasteiger partial charge in [-0.25, -0.2) is 0 Å². The van der Waals surface area contributed by atoms with Crippen LogP contribution in [0.3, 0.4) is 0 Å². The largest absolute Gasteiger partial charge is 0.459 e. The van der Waals surface area contributed by atoms with Gasteiger partial charge in [0.05, 0.1) is 0 Å². The van der Waals surface area contributed by atoms with Crippen LogP contribution in [0.4, 0.5) is 0 Å². The third kappa shape index (κ3) is 3.19. The van der Waals surface area contributed by atoms with Crippen LogP contribution in [0.15, 0.2) is 44.6 Å². The van der Waals surface area contributed by atoms with Gasteiger partial charge in [-0.05, 0) is 64.6 Å². The fraction of sp³-hybridized carbons (Fsp3) is 0.250. The number of nitrogens with one attached hydrogen (secondary N) is 1. The van der Waals surface area contributed by atoms with E-state index in [1.165, 1.54) is 4.88 Å². The minimum atomic E-state index is 0.0606. The Bertz CT molecular complexity index is 752. The maximum Gasteiger partial charge on any atom is 0.134 e. The van der Waals surface area contributed by atoms with Gasteiger partial charge in [-0.2, -0.15) is 0 Å². The van der Waals surface area contributed by atoms with E-state index in [0.29, 0.717) is 0 Å². The lowest BCUT2D eigenvalue weighted by molar-refractivity contribution is 0.473. The Hall–Kier alpha value is -0.810. The Morgan fingerprint density at radius 2 is 2.19 bits per heavy atom. The summed E-state index contributed by atoms with van der Waals surface area (Å²) < 4.78 is 7.14. The summed E-state index contributed by atoms with van der Waals surface area (Å²) >= 11 is 11.4. The molecule has 1 aromatic carbocycles. The summed E-state index contributed by atoms with van der Waals surface area (Å²) in [5, 5.41) is 7.40. The number of benzene rings is 1. The molecule has 2 aromatic heterocycles. The highest BCUT2D eigenvalue weighted by Gasteiger charge is 2.21. The second-order valence-corrected chi connectivity index (χ2v) is 7.09. The standard InChI is InChI=1S/C16H15BrClNOS/c1-2-6-19-15(16-12(17)5-7-21-16)14-9-10-8-11(18)3-4-13(10)20-14/h3-5,7-9,15,19H,2,6H2,1H3. The summed E-state index contributed by atoms with van der Waals surface area (Å²) in [4.78, 5) is 1.23. The topological polar surface area (TPSA) is 25.2 Å². The van der Waals surface area contributed by atoms with Gasteiger partial charge in [0.25, 0.3) is 0 Å². The molecule has 3 aromatic rings. The third-order valence-corrected chi connectivity index (χ3v) is 5.46. The minimum absolute atomic E-state index is 0.0606. The van der Waals surface area contributed by atoms with Crippen molar-refractivity contribution in [1.82, 2.24) is 5.32 Å². The first-order chi connectivity index (χ1) is 10.2. The van der Waals surface area contributed by atoms with Crippen molar-refractivity contribution < 1.29 is 4.42 Å². The summed E-state index contributed by atoms with van der Waals surface area (Å²) in [6.45, 7) is 3.10. The number of hydrogen-bond acceptors (Lipinski definition) is 3. The SMILES string of the molecule is CCCNC(c1cc2cc(Cl)ccc2o1)c1sccc1Br. The molecule has 0 radical (unpaired) electrons. The van der Waals surface area contributed by atoms with Gasteiger partial charge in [0, 0.05) is 19.8 Å². The molecule has 0 saturated carbocycles. The third-order valence-electron chi connectivity index (χ3n) is 3.29. The molecule has 2 heterocycles. The van der Waals surface area contributed by atoms with Gasteiger partial charge < -0.3 is 9.73 Å². The molecule has 0 bridgehead atoms. The first kappa shape index (κ1) is 15.1. The molecule has 5 heteroatoms. The Morgan fingerprint density at radius 3 is 2.90 bits per heavy atom. The molecule has 0 fully saturated rings. The number of furan rings is 1. The average Bonchev–Trinajstić information content (AvgIpc) is 3.06. The van der Waals surface area contributed by atoms with E-state index in [-0.39, 0.29) is 6.04 Å². The van der Waals surface area contributed by atoms with Crippen molar-refractivity contribution in [1.29, 1.82) is 0 Å². The maximum atomic E-state index is 6.05. The van der Waals surface area contributed by atoms with Crippen molar-refractivity contribution in [3.8, 4) is 0 Å². The Kier molecular flexibility index (Phi) is 4.69. The van der Waals surface area contributed by atoms with Gasteiger partial charge in [0.2, 0.25) is 0 Å². The number of halogens is 2. The molecule has 1 unspecified atom stereocenters. The monoisotopic (exact) mass is 383 g/mol. The van der Waals surface area contributed by atoms with E-state index in [9.17, 15) is 0 Å². The summed E-state index contributed by atoms with van der Waals surface area (Å²) in [7, 11) is 0. The predicted octanol–water partition coefficient (Wildman–Crippen LogP) is 6.00. The predicted molar refractivity (Wildman–Crippen MR) is 93.4 cm³/mol. The van der Waals surface area contributed by atoms with Crippen molar-refractivity contribution in [2.45, 2.75) is 19.4 Å². The fourth-order valence-corrected chi connectivity index (χ4v) is 4.16. The van der Waals surface area contributed by atoms with Crippen LogP contribution >= 0.6 is 38.9 Å². The fourth-order valence-electron chi connectivity index (χ4n) is 2.30. The van der Waals surface area contributed by atoms with E-state index < -0.39 is 0 Å². The minimum Gasteiger partial charge on any atom is -0.459 e. The van der Waals surface area contributed by atoms with E-state index in [4.69, 9.17) is 16.0 Å². The normalized spacial score (nSPS) is 12.9. The number of rotatable bonds is 5. The second kappa shape index (κ2) is 6.53. The Balaban J connectivity index is 2.03. The zero-order valence-electron chi connectivity index (χ0n) is 11.5. The average molecular weight is 385 g/mol. The number of hydrogen-bond donors (Lipinski definition) is 1. The van der Waals surface area contributed by atoms with E-state index >= 15 is 0 Å². The zero-order chi connectivity index (χ0) is 14.8. The molecular weight excluding hydrogens is 370 g/mol. The quantitative estimate of drug-likeness (QED) is 0.583. The van der Waals surface area contributed by atoms with Crippen LogP contribution in [-0.4, -0.2) is 6.54 Å².